The molecule has 2 aliphatic rings. The van der Waals surface area contributed by atoms with E-state index in [0.717, 1.165) is 5.57 Å². The SMILES string of the molecule is CC(=O)Nc1ccc(OC(C)=O)c2c1C(=O)[C@H]1[C@H](CC(C)=CN1N(C)C)C2=O. The number of hydrogen-bond acceptors (Lipinski definition) is 7. The number of hydrogen-bond donors (Lipinski definition) is 1. The maximum atomic E-state index is 13.5. The highest BCUT2D eigenvalue weighted by atomic mass is 16.5. The predicted molar refractivity (Wildman–Crippen MR) is 102 cm³/mol. The van der Waals surface area contributed by atoms with Gasteiger partial charge in [0, 0.05) is 34.1 Å². The molecule has 1 N–H and O–H groups in total. The van der Waals surface area contributed by atoms with Crippen molar-refractivity contribution >= 4 is 29.1 Å². The maximum Gasteiger partial charge on any atom is 0.308 e. The molecule has 0 radical (unpaired) electrons. The van der Waals surface area contributed by atoms with Crippen LogP contribution in [-0.4, -0.2) is 53.6 Å². The number of amides is 1. The molecule has 0 fully saturated rings. The molecule has 0 aromatic heterocycles. The summed E-state index contributed by atoms with van der Waals surface area (Å²) in [6.45, 7) is 4.46. The van der Waals surface area contributed by atoms with Crippen LogP contribution in [0.5, 0.6) is 5.75 Å². The average molecular weight is 385 g/mol. The van der Waals surface area contributed by atoms with Gasteiger partial charge in [0.1, 0.15) is 11.8 Å². The Balaban J connectivity index is 2.24. The fraction of sp³-hybridized carbons (Fsp3) is 0.400. The van der Waals surface area contributed by atoms with Gasteiger partial charge >= 0.3 is 5.97 Å². The van der Waals surface area contributed by atoms with Crippen molar-refractivity contribution < 1.29 is 23.9 Å². The largest absolute Gasteiger partial charge is 0.426 e. The minimum Gasteiger partial charge on any atom is -0.426 e. The van der Waals surface area contributed by atoms with Crippen molar-refractivity contribution in [1.29, 1.82) is 0 Å². The number of anilines is 1. The second-order valence-corrected chi connectivity index (χ2v) is 7.32. The lowest BCUT2D eigenvalue weighted by molar-refractivity contribution is -0.131. The first kappa shape index (κ1) is 19.8. The molecular formula is C20H23N3O5. The van der Waals surface area contributed by atoms with Crippen LogP contribution in [-0.2, 0) is 9.59 Å². The fourth-order valence-electron chi connectivity index (χ4n) is 3.86. The van der Waals surface area contributed by atoms with Crippen LogP contribution in [0.25, 0.3) is 0 Å². The van der Waals surface area contributed by atoms with E-state index >= 15 is 0 Å². The van der Waals surface area contributed by atoms with Gasteiger partial charge in [-0.25, -0.2) is 5.01 Å². The van der Waals surface area contributed by atoms with Crippen molar-refractivity contribution in [3.05, 3.63) is 35.0 Å². The summed E-state index contributed by atoms with van der Waals surface area (Å²) >= 11 is 0. The molecule has 1 heterocycles. The molecule has 148 valence electrons. The molecule has 0 unspecified atom stereocenters. The lowest BCUT2D eigenvalue weighted by Crippen LogP contribution is -2.56. The summed E-state index contributed by atoms with van der Waals surface area (Å²) in [5.41, 5.74) is 1.34. The van der Waals surface area contributed by atoms with Gasteiger partial charge in [0.25, 0.3) is 0 Å². The second kappa shape index (κ2) is 7.20. The average Bonchev–Trinajstić information content (AvgIpc) is 2.58. The summed E-state index contributed by atoms with van der Waals surface area (Å²) in [6, 6.07) is 2.19. The number of ether oxygens (including phenoxy) is 1. The van der Waals surface area contributed by atoms with Gasteiger partial charge in [-0.3, -0.25) is 19.2 Å². The zero-order valence-electron chi connectivity index (χ0n) is 16.5. The zero-order valence-corrected chi connectivity index (χ0v) is 16.5. The van der Waals surface area contributed by atoms with Crippen LogP contribution in [0, 0.1) is 5.92 Å². The van der Waals surface area contributed by atoms with Crippen LogP contribution in [0.4, 0.5) is 5.69 Å². The van der Waals surface area contributed by atoms with E-state index in [2.05, 4.69) is 5.32 Å². The van der Waals surface area contributed by atoms with E-state index in [1.54, 1.807) is 24.1 Å². The minimum atomic E-state index is -0.723. The molecule has 8 heteroatoms. The number of carbonyl (C=O) groups is 4. The highest BCUT2D eigenvalue weighted by Crippen LogP contribution is 2.42. The number of Topliss-reactive ketones (excluding diaryl/α,β-unsaturated/α-hetero) is 2. The van der Waals surface area contributed by atoms with Gasteiger partial charge in [0.15, 0.2) is 11.6 Å². The minimum absolute atomic E-state index is 0.0389. The van der Waals surface area contributed by atoms with Crippen molar-refractivity contribution in [2.75, 3.05) is 19.4 Å². The van der Waals surface area contributed by atoms with E-state index in [9.17, 15) is 19.2 Å². The number of nitrogens with zero attached hydrogens (tertiary/aromatic N) is 2. The monoisotopic (exact) mass is 385 g/mol. The van der Waals surface area contributed by atoms with E-state index in [0.29, 0.717) is 6.42 Å². The molecular weight excluding hydrogens is 362 g/mol. The normalized spacial score (nSPS) is 21.1. The highest BCUT2D eigenvalue weighted by Gasteiger charge is 2.48. The number of fused-ring (bicyclic) bond motifs is 2. The third-order valence-electron chi connectivity index (χ3n) is 4.85. The maximum absolute atomic E-state index is 13.5. The smallest absolute Gasteiger partial charge is 0.308 e. The Kier molecular flexibility index (Phi) is 5.08. The number of esters is 1. The highest BCUT2D eigenvalue weighted by molar-refractivity contribution is 6.22. The second-order valence-electron chi connectivity index (χ2n) is 7.32. The van der Waals surface area contributed by atoms with Gasteiger partial charge in [-0.15, -0.1) is 0 Å². The number of rotatable bonds is 3. The predicted octanol–water partition coefficient (Wildman–Crippen LogP) is 2.02. The molecule has 1 aromatic carbocycles. The molecule has 1 amide bonds. The molecule has 1 aliphatic carbocycles. The van der Waals surface area contributed by atoms with Gasteiger partial charge in [0.05, 0.1) is 22.7 Å². The molecule has 0 saturated heterocycles. The first-order valence-corrected chi connectivity index (χ1v) is 8.96. The van der Waals surface area contributed by atoms with Gasteiger partial charge < -0.3 is 15.1 Å². The summed E-state index contributed by atoms with van der Waals surface area (Å²) in [4.78, 5) is 50.1. The Bertz CT molecular complexity index is 919. The number of allylic oxidation sites excluding steroid dienone is 1. The van der Waals surface area contributed by atoms with Crippen LogP contribution in [0.2, 0.25) is 0 Å². The van der Waals surface area contributed by atoms with Gasteiger partial charge in [-0.05, 0) is 25.5 Å². The number of benzene rings is 1. The van der Waals surface area contributed by atoms with Crippen molar-refractivity contribution in [3.8, 4) is 5.75 Å². The van der Waals surface area contributed by atoms with E-state index in [1.165, 1.54) is 26.0 Å². The van der Waals surface area contributed by atoms with Crippen molar-refractivity contribution in [2.24, 2.45) is 5.92 Å². The molecule has 0 bridgehead atoms. The number of nitrogens with one attached hydrogen (secondary N) is 1. The molecule has 2 atom stereocenters. The topological polar surface area (TPSA) is 96.0 Å². The van der Waals surface area contributed by atoms with Crippen LogP contribution in [0.3, 0.4) is 0 Å². The summed E-state index contributed by atoms with van der Waals surface area (Å²) in [6.07, 6.45) is 2.29. The summed E-state index contributed by atoms with van der Waals surface area (Å²) in [7, 11) is 3.59. The number of carbonyl (C=O) groups excluding carboxylic acids is 4. The van der Waals surface area contributed by atoms with Crippen LogP contribution in [0.1, 0.15) is 47.9 Å². The Morgan fingerprint density at radius 3 is 2.39 bits per heavy atom. The molecule has 3 rings (SSSR count). The Morgan fingerprint density at radius 1 is 1.14 bits per heavy atom. The molecule has 8 nitrogen and oxygen atoms in total. The first-order valence-electron chi connectivity index (χ1n) is 8.96. The fourth-order valence-corrected chi connectivity index (χ4v) is 3.86. The van der Waals surface area contributed by atoms with E-state index in [1.807, 2.05) is 13.1 Å². The molecule has 0 saturated carbocycles. The summed E-state index contributed by atoms with van der Waals surface area (Å²) < 4.78 is 5.21. The van der Waals surface area contributed by atoms with Crippen LogP contribution >= 0.6 is 0 Å². The first-order chi connectivity index (χ1) is 13.1. The Labute approximate surface area is 163 Å². The lowest BCUT2D eigenvalue weighted by atomic mass is 9.73. The molecule has 0 spiro atoms. The van der Waals surface area contributed by atoms with Crippen molar-refractivity contribution in [2.45, 2.75) is 33.2 Å². The van der Waals surface area contributed by atoms with Crippen molar-refractivity contribution in [3.63, 3.8) is 0 Å². The number of hydrazine groups is 1. The third kappa shape index (κ3) is 3.31. The van der Waals surface area contributed by atoms with E-state index in [-0.39, 0.29) is 40.0 Å². The molecule has 1 aliphatic heterocycles. The quantitative estimate of drug-likeness (QED) is 0.628. The summed E-state index contributed by atoms with van der Waals surface area (Å²) in [5.74, 6) is -2.09. The van der Waals surface area contributed by atoms with Gasteiger partial charge in [-0.1, -0.05) is 5.57 Å². The van der Waals surface area contributed by atoms with Crippen LogP contribution in [0.15, 0.2) is 23.9 Å². The van der Waals surface area contributed by atoms with E-state index in [4.69, 9.17) is 4.74 Å². The Morgan fingerprint density at radius 2 is 1.82 bits per heavy atom. The van der Waals surface area contributed by atoms with Crippen LogP contribution < -0.4 is 10.1 Å². The standard InChI is InChI=1S/C20H23N3O5/c1-10-8-13-18(23(9-10)22(4)5)20(27)16-14(21-11(2)24)6-7-15(28-12(3)25)17(16)19(13)26/h6-7,9,13,18H,8H2,1-5H3,(H,21,24)/t13-,18+/m0/s1. The third-order valence-corrected chi connectivity index (χ3v) is 4.85. The summed E-state index contributed by atoms with van der Waals surface area (Å²) in [5, 5.41) is 6.11. The Hall–Kier alpha value is -3.00. The van der Waals surface area contributed by atoms with Crippen molar-refractivity contribution in [1.82, 2.24) is 10.0 Å². The van der Waals surface area contributed by atoms with E-state index < -0.39 is 17.9 Å². The lowest BCUT2D eigenvalue weighted by Gasteiger charge is -2.44. The molecule has 1 aromatic rings. The molecule has 28 heavy (non-hydrogen) atoms. The van der Waals surface area contributed by atoms with Gasteiger partial charge in [-0.2, -0.15) is 0 Å². The van der Waals surface area contributed by atoms with Gasteiger partial charge in [0.2, 0.25) is 5.91 Å². The number of ketones is 2. The zero-order chi connectivity index (χ0) is 20.7.